The van der Waals surface area contributed by atoms with Gasteiger partial charge in [0, 0.05) is 30.7 Å². The molecular weight excluding hydrogens is 277 g/mol. The third-order valence-electron chi connectivity index (χ3n) is 2.89. The number of benzene rings is 1. The summed E-state index contributed by atoms with van der Waals surface area (Å²) >= 11 is 1.52. The van der Waals surface area contributed by atoms with E-state index in [4.69, 9.17) is 9.15 Å². The molecular formula is C15H18FNO2S. The zero-order valence-corrected chi connectivity index (χ0v) is 12.4. The average Bonchev–Trinajstić information content (AvgIpc) is 2.83. The number of rotatable bonds is 7. The van der Waals surface area contributed by atoms with Gasteiger partial charge in [0.25, 0.3) is 0 Å². The van der Waals surface area contributed by atoms with E-state index in [-0.39, 0.29) is 5.82 Å². The normalized spacial score (nSPS) is 10.9. The van der Waals surface area contributed by atoms with Crippen LogP contribution in [-0.2, 0) is 11.3 Å². The summed E-state index contributed by atoms with van der Waals surface area (Å²) < 4.78 is 24.2. The van der Waals surface area contributed by atoms with Crippen LogP contribution in [0.15, 0.2) is 44.7 Å². The minimum absolute atomic E-state index is 0.193. The van der Waals surface area contributed by atoms with Crippen LogP contribution in [0.2, 0.25) is 0 Å². The summed E-state index contributed by atoms with van der Waals surface area (Å²) in [5.41, 5.74) is 0.675. The van der Waals surface area contributed by atoms with Crippen molar-refractivity contribution in [2.45, 2.75) is 23.3 Å². The molecule has 1 heterocycles. The van der Waals surface area contributed by atoms with Gasteiger partial charge in [-0.15, -0.1) is 0 Å². The first-order valence-electron chi connectivity index (χ1n) is 6.41. The Morgan fingerprint density at radius 1 is 1.30 bits per heavy atom. The zero-order valence-electron chi connectivity index (χ0n) is 11.6. The van der Waals surface area contributed by atoms with E-state index >= 15 is 0 Å². The molecule has 5 heteroatoms. The summed E-state index contributed by atoms with van der Waals surface area (Å²) in [6.07, 6.45) is 1.65. The number of halogens is 1. The molecule has 0 aliphatic carbocycles. The molecule has 1 N–H and O–H groups in total. The van der Waals surface area contributed by atoms with Crippen LogP contribution in [0.5, 0.6) is 0 Å². The standard InChI is InChI=1S/C15H18FNO2S/c1-11-14(6-8-19-11)20-15-5-3-4-13(16)12(15)10-17-7-9-18-2/h3-6,8,17H,7,9-10H2,1-2H3. The highest BCUT2D eigenvalue weighted by molar-refractivity contribution is 7.99. The molecule has 0 saturated carbocycles. The van der Waals surface area contributed by atoms with E-state index in [0.717, 1.165) is 15.6 Å². The Kier molecular flexibility index (Phi) is 5.64. The van der Waals surface area contributed by atoms with Crippen LogP contribution in [-0.4, -0.2) is 20.3 Å². The second-order valence-electron chi connectivity index (χ2n) is 4.33. The lowest BCUT2D eigenvalue weighted by Crippen LogP contribution is -2.19. The lowest BCUT2D eigenvalue weighted by atomic mass is 10.2. The summed E-state index contributed by atoms with van der Waals surface area (Å²) in [6.45, 7) is 3.69. The monoisotopic (exact) mass is 295 g/mol. The molecule has 0 aliphatic heterocycles. The topological polar surface area (TPSA) is 34.4 Å². The molecule has 0 bridgehead atoms. The van der Waals surface area contributed by atoms with Gasteiger partial charge in [0.1, 0.15) is 11.6 Å². The van der Waals surface area contributed by atoms with Crippen LogP contribution in [0.4, 0.5) is 4.39 Å². The van der Waals surface area contributed by atoms with Crippen LogP contribution in [0, 0.1) is 12.7 Å². The van der Waals surface area contributed by atoms with Crippen LogP contribution in [0.25, 0.3) is 0 Å². The Hall–Kier alpha value is -1.30. The van der Waals surface area contributed by atoms with Crippen molar-refractivity contribution in [3.8, 4) is 0 Å². The highest BCUT2D eigenvalue weighted by atomic mass is 32.2. The Bertz CT molecular complexity index is 557. The number of furan rings is 1. The maximum atomic E-state index is 14.0. The molecule has 0 amide bonds. The molecule has 0 fully saturated rings. The predicted octanol–water partition coefficient (Wildman–Crippen LogP) is 3.61. The van der Waals surface area contributed by atoms with Gasteiger partial charge >= 0.3 is 0 Å². The first-order valence-corrected chi connectivity index (χ1v) is 7.23. The van der Waals surface area contributed by atoms with E-state index in [9.17, 15) is 4.39 Å². The molecule has 0 unspecified atom stereocenters. The molecule has 0 aliphatic rings. The first kappa shape index (κ1) is 15.1. The maximum Gasteiger partial charge on any atom is 0.128 e. The smallest absolute Gasteiger partial charge is 0.128 e. The van der Waals surface area contributed by atoms with Gasteiger partial charge in [-0.1, -0.05) is 17.8 Å². The summed E-state index contributed by atoms with van der Waals surface area (Å²) in [7, 11) is 1.65. The van der Waals surface area contributed by atoms with E-state index < -0.39 is 0 Å². The fourth-order valence-corrected chi connectivity index (χ4v) is 2.78. The van der Waals surface area contributed by atoms with Crippen molar-refractivity contribution in [3.63, 3.8) is 0 Å². The van der Waals surface area contributed by atoms with E-state index in [2.05, 4.69) is 5.32 Å². The summed E-state index contributed by atoms with van der Waals surface area (Å²) in [4.78, 5) is 1.91. The molecule has 0 saturated heterocycles. The lowest BCUT2D eigenvalue weighted by Gasteiger charge is -2.11. The molecule has 0 spiro atoms. The van der Waals surface area contributed by atoms with Crippen molar-refractivity contribution < 1.29 is 13.5 Å². The molecule has 2 aromatic rings. The van der Waals surface area contributed by atoms with Gasteiger partial charge in [-0.05, 0) is 25.1 Å². The minimum atomic E-state index is -0.193. The fourth-order valence-electron chi connectivity index (χ4n) is 1.79. The van der Waals surface area contributed by atoms with Gasteiger partial charge < -0.3 is 14.5 Å². The van der Waals surface area contributed by atoms with Gasteiger partial charge in [0.2, 0.25) is 0 Å². The number of methoxy groups -OCH3 is 1. The molecule has 20 heavy (non-hydrogen) atoms. The number of hydrogen-bond donors (Lipinski definition) is 1. The van der Waals surface area contributed by atoms with Crippen molar-refractivity contribution in [2.75, 3.05) is 20.3 Å². The van der Waals surface area contributed by atoms with E-state index in [1.165, 1.54) is 17.8 Å². The van der Waals surface area contributed by atoms with Gasteiger partial charge in [0.05, 0.1) is 17.8 Å². The second-order valence-corrected chi connectivity index (χ2v) is 5.41. The van der Waals surface area contributed by atoms with Crippen LogP contribution < -0.4 is 5.32 Å². The quantitative estimate of drug-likeness (QED) is 0.791. The molecule has 0 atom stereocenters. The molecule has 1 aromatic heterocycles. The summed E-state index contributed by atoms with van der Waals surface area (Å²) in [6, 6.07) is 7.03. The number of ether oxygens (including phenoxy) is 1. The van der Waals surface area contributed by atoms with E-state index in [1.807, 2.05) is 19.1 Å². The summed E-state index contributed by atoms with van der Waals surface area (Å²) in [5, 5.41) is 3.18. The van der Waals surface area contributed by atoms with Crippen molar-refractivity contribution in [1.82, 2.24) is 5.32 Å². The Morgan fingerprint density at radius 2 is 2.15 bits per heavy atom. The van der Waals surface area contributed by atoms with Crippen molar-refractivity contribution >= 4 is 11.8 Å². The molecule has 1 aromatic carbocycles. The highest BCUT2D eigenvalue weighted by Crippen LogP contribution is 2.34. The van der Waals surface area contributed by atoms with Crippen molar-refractivity contribution in [2.24, 2.45) is 0 Å². The Morgan fingerprint density at radius 3 is 2.85 bits per heavy atom. The van der Waals surface area contributed by atoms with Crippen molar-refractivity contribution in [3.05, 3.63) is 47.7 Å². The molecule has 0 radical (unpaired) electrons. The van der Waals surface area contributed by atoms with Gasteiger partial charge in [-0.25, -0.2) is 4.39 Å². The SMILES string of the molecule is COCCNCc1c(F)cccc1Sc1ccoc1C. The van der Waals surface area contributed by atoms with Crippen LogP contribution >= 0.6 is 11.8 Å². The van der Waals surface area contributed by atoms with Gasteiger partial charge in [0.15, 0.2) is 0 Å². The highest BCUT2D eigenvalue weighted by Gasteiger charge is 2.11. The van der Waals surface area contributed by atoms with Crippen LogP contribution in [0.1, 0.15) is 11.3 Å². The Labute approximate surface area is 122 Å². The van der Waals surface area contributed by atoms with E-state index in [0.29, 0.717) is 25.3 Å². The van der Waals surface area contributed by atoms with Gasteiger partial charge in [-0.3, -0.25) is 0 Å². The predicted molar refractivity (Wildman–Crippen MR) is 77.6 cm³/mol. The Balaban J connectivity index is 2.11. The van der Waals surface area contributed by atoms with Crippen LogP contribution in [0.3, 0.4) is 0 Å². The van der Waals surface area contributed by atoms with Gasteiger partial charge in [-0.2, -0.15) is 0 Å². The number of aryl methyl sites for hydroxylation is 1. The number of hydrogen-bond acceptors (Lipinski definition) is 4. The molecule has 108 valence electrons. The van der Waals surface area contributed by atoms with Crippen molar-refractivity contribution in [1.29, 1.82) is 0 Å². The zero-order chi connectivity index (χ0) is 14.4. The fraction of sp³-hybridized carbons (Fsp3) is 0.333. The third-order valence-corrected chi connectivity index (χ3v) is 4.14. The maximum absolute atomic E-state index is 14.0. The largest absolute Gasteiger partial charge is 0.468 e. The third kappa shape index (κ3) is 3.85. The first-order chi connectivity index (χ1) is 9.72. The lowest BCUT2D eigenvalue weighted by molar-refractivity contribution is 0.199. The minimum Gasteiger partial charge on any atom is -0.468 e. The van der Waals surface area contributed by atoms with E-state index in [1.54, 1.807) is 19.4 Å². The molecule has 3 nitrogen and oxygen atoms in total. The summed E-state index contributed by atoms with van der Waals surface area (Å²) in [5.74, 6) is 0.651. The average molecular weight is 295 g/mol. The molecule has 2 rings (SSSR count). The number of nitrogens with one attached hydrogen (secondary N) is 1. The second kappa shape index (κ2) is 7.47.